The first-order valence-corrected chi connectivity index (χ1v) is 6.03. The lowest BCUT2D eigenvalue weighted by Crippen LogP contribution is -2.06. The van der Waals surface area contributed by atoms with Gasteiger partial charge in [-0.15, -0.1) is 0 Å². The van der Waals surface area contributed by atoms with Crippen LogP contribution in [0.25, 0.3) is 0 Å². The van der Waals surface area contributed by atoms with Crippen molar-refractivity contribution in [1.82, 2.24) is 4.98 Å². The lowest BCUT2D eigenvalue weighted by molar-refractivity contribution is 0.0692. The molecule has 0 atom stereocenters. The Morgan fingerprint density at radius 2 is 2.35 bits per heavy atom. The van der Waals surface area contributed by atoms with Crippen LogP contribution in [0.3, 0.4) is 0 Å². The highest BCUT2D eigenvalue weighted by atomic mass is 32.1. The van der Waals surface area contributed by atoms with Crippen molar-refractivity contribution < 1.29 is 14.6 Å². The highest BCUT2D eigenvalue weighted by Gasteiger charge is 2.10. The van der Waals surface area contributed by atoms with Gasteiger partial charge in [0.1, 0.15) is 5.56 Å². The second-order valence-electron chi connectivity index (χ2n) is 3.41. The molecule has 88 valence electrons. The molecule has 0 saturated heterocycles. The molecule has 0 fully saturated rings. The number of carboxylic acids is 1. The number of hydrogen-bond acceptors (Lipinski definition) is 4. The van der Waals surface area contributed by atoms with E-state index in [0.29, 0.717) is 12.4 Å². The number of carboxylic acid groups (broad SMARTS) is 1. The fourth-order valence-corrected chi connectivity index (χ4v) is 2.09. The summed E-state index contributed by atoms with van der Waals surface area (Å²) < 4.78 is 5.43. The molecule has 0 unspecified atom stereocenters. The van der Waals surface area contributed by atoms with Crippen LogP contribution in [0.5, 0.6) is 5.75 Å². The second-order valence-corrected chi connectivity index (χ2v) is 4.19. The Labute approximate surface area is 103 Å². The highest BCUT2D eigenvalue weighted by Crippen LogP contribution is 2.16. The maximum Gasteiger partial charge on any atom is 0.339 e. The van der Waals surface area contributed by atoms with Crippen LogP contribution < -0.4 is 4.74 Å². The molecule has 0 aliphatic carbocycles. The van der Waals surface area contributed by atoms with E-state index in [-0.39, 0.29) is 5.56 Å². The normalized spacial score (nSPS) is 10.1. The lowest BCUT2D eigenvalue weighted by atomic mass is 10.2. The van der Waals surface area contributed by atoms with E-state index in [2.05, 4.69) is 4.98 Å². The van der Waals surface area contributed by atoms with Gasteiger partial charge in [0.2, 0.25) is 0 Å². The van der Waals surface area contributed by atoms with Gasteiger partial charge in [0, 0.05) is 12.6 Å². The SMILES string of the molecule is O=C(O)c1ccncc1OCCc1ccsc1. The van der Waals surface area contributed by atoms with Gasteiger partial charge in [-0.25, -0.2) is 4.79 Å². The quantitative estimate of drug-likeness (QED) is 0.884. The third-order valence-electron chi connectivity index (χ3n) is 2.24. The van der Waals surface area contributed by atoms with E-state index >= 15 is 0 Å². The number of carbonyl (C=O) groups is 1. The molecule has 2 heterocycles. The molecule has 0 amide bonds. The van der Waals surface area contributed by atoms with Gasteiger partial charge in [0.15, 0.2) is 5.75 Å². The largest absolute Gasteiger partial charge is 0.491 e. The molecule has 1 N–H and O–H groups in total. The first-order chi connectivity index (χ1) is 8.27. The Balaban J connectivity index is 1.97. The monoisotopic (exact) mass is 249 g/mol. The molecule has 5 heteroatoms. The molecule has 4 nitrogen and oxygen atoms in total. The third kappa shape index (κ3) is 3.04. The molecule has 0 aliphatic heterocycles. The van der Waals surface area contributed by atoms with Crippen LogP contribution in [0.1, 0.15) is 15.9 Å². The van der Waals surface area contributed by atoms with Crippen LogP contribution >= 0.6 is 11.3 Å². The van der Waals surface area contributed by atoms with Gasteiger partial charge in [-0.3, -0.25) is 4.98 Å². The average Bonchev–Trinajstić information content (AvgIpc) is 2.82. The predicted molar refractivity (Wildman–Crippen MR) is 64.7 cm³/mol. The maximum absolute atomic E-state index is 10.9. The van der Waals surface area contributed by atoms with Gasteiger partial charge in [-0.05, 0) is 28.5 Å². The zero-order chi connectivity index (χ0) is 12.1. The molecule has 0 aliphatic rings. The first-order valence-electron chi connectivity index (χ1n) is 5.08. The van der Waals surface area contributed by atoms with Crippen molar-refractivity contribution in [2.75, 3.05) is 6.61 Å². The average molecular weight is 249 g/mol. The molecule has 2 aromatic rings. The topological polar surface area (TPSA) is 59.4 Å². The zero-order valence-corrected chi connectivity index (χ0v) is 9.81. The fraction of sp³-hybridized carbons (Fsp3) is 0.167. The molecule has 0 spiro atoms. The van der Waals surface area contributed by atoms with Gasteiger partial charge < -0.3 is 9.84 Å². The second kappa shape index (κ2) is 5.45. The predicted octanol–water partition coefficient (Wildman–Crippen LogP) is 2.46. The minimum Gasteiger partial charge on any atom is -0.491 e. The van der Waals surface area contributed by atoms with Crippen molar-refractivity contribution in [1.29, 1.82) is 0 Å². The standard InChI is InChI=1S/C12H11NO3S/c14-12(15)10-1-4-13-7-11(10)16-5-2-9-3-6-17-8-9/h1,3-4,6-8H,2,5H2,(H,14,15). The van der Waals surface area contributed by atoms with E-state index in [1.807, 2.05) is 16.8 Å². The molecule has 0 radical (unpaired) electrons. The molecule has 2 rings (SSSR count). The van der Waals surface area contributed by atoms with Crippen molar-refractivity contribution in [3.05, 3.63) is 46.4 Å². The van der Waals surface area contributed by atoms with Gasteiger partial charge >= 0.3 is 5.97 Å². The number of hydrogen-bond donors (Lipinski definition) is 1. The molecule has 0 bridgehead atoms. The molecule has 0 aromatic carbocycles. The highest BCUT2D eigenvalue weighted by molar-refractivity contribution is 7.07. The van der Waals surface area contributed by atoms with Gasteiger partial charge in [0.25, 0.3) is 0 Å². The summed E-state index contributed by atoms with van der Waals surface area (Å²) in [6.07, 6.45) is 3.63. The van der Waals surface area contributed by atoms with E-state index in [4.69, 9.17) is 9.84 Å². The summed E-state index contributed by atoms with van der Waals surface area (Å²) >= 11 is 1.63. The van der Waals surface area contributed by atoms with Crippen molar-refractivity contribution in [3.63, 3.8) is 0 Å². The van der Waals surface area contributed by atoms with Crippen LogP contribution in [0, 0.1) is 0 Å². The van der Waals surface area contributed by atoms with Crippen LogP contribution in [-0.2, 0) is 6.42 Å². The molecular formula is C12H11NO3S. The van der Waals surface area contributed by atoms with E-state index in [1.54, 1.807) is 11.3 Å². The van der Waals surface area contributed by atoms with Crippen molar-refractivity contribution in [2.24, 2.45) is 0 Å². The third-order valence-corrected chi connectivity index (χ3v) is 2.98. The Kier molecular flexibility index (Phi) is 3.72. The Bertz CT molecular complexity index is 496. The number of thiophene rings is 1. The summed E-state index contributed by atoms with van der Waals surface area (Å²) in [7, 11) is 0. The van der Waals surface area contributed by atoms with Crippen LogP contribution in [0.4, 0.5) is 0 Å². The number of aromatic nitrogens is 1. The Morgan fingerprint density at radius 1 is 1.47 bits per heavy atom. The summed E-state index contributed by atoms with van der Waals surface area (Å²) in [6, 6.07) is 3.46. The molecule has 0 saturated carbocycles. The summed E-state index contributed by atoms with van der Waals surface area (Å²) in [5.74, 6) is -0.687. The van der Waals surface area contributed by atoms with Crippen molar-refractivity contribution in [2.45, 2.75) is 6.42 Å². The van der Waals surface area contributed by atoms with Gasteiger partial charge in [-0.1, -0.05) is 0 Å². The number of aromatic carboxylic acids is 1. The smallest absolute Gasteiger partial charge is 0.339 e. The molecule has 17 heavy (non-hydrogen) atoms. The van der Waals surface area contributed by atoms with E-state index in [9.17, 15) is 4.79 Å². The van der Waals surface area contributed by atoms with Gasteiger partial charge in [-0.2, -0.15) is 11.3 Å². The van der Waals surface area contributed by atoms with Crippen LogP contribution in [0.15, 0.2) is 35.3 Å². The molecular weight excluding hydrogens is 238 g/mol. The minimum atomic E-state index is -1.00. The maximum atomic E-state index is 10.9. The number of nitrogens with zero attached hydrogens (tertiary/aromatic N) is 1. The first kappa shape index (κ1) is 11.6. The van der Waals surface area contributed by atoms with Crippen LogP contribution in [0.2, 0.25) is 0 Å². The Morgan fingerprint density at radius 3 is 3.06 bits per heavy atom. The van der Waals surface area contributed by atoms with Gasteiger partial charge in [0.05, 0.1) is 12.8 Å². The van der Waals surface area contributed by atoms with E-state index < -0.39 is 5.97 Å². The molecule has 2 aromatic heterocycles. The van der Waals surface area contributed by atoms with Crippen molar-refractivity contribution in [3.8, 4) is 5.75 Å². The minimum absolute atomic E-state index is 0.144. The van der Waals surface area contributed by atoms with E-state index in [1.165, 1.54) is 24.0 Å². The van der Waals surface area contributed by atoms with E-state index in [0.717, 1.165) is 6.42 Å². The zero-order valence-electron chi connectivity index (χ0n) is 9.00. The number of pyridine rings is 1. The summed E-state index contributed by atoms with van der Waals surface area (Å²) in [5, 5.41) is 13.0. The van der Waals surface area contributed by atoms with Crippen LogP contribution in [-0.4, -0.2) is 22.7 Å². The summed E-state index contributed by atoms with van der Waals surface area (Å²) in [6.45, 7) is 0.447. The van der Waals surface area contributed by atoms with Crippen molar-refractivity contribution >= 4 is 17.3 Å². The summed E-state index contributed by atoms with van der Waals surface area (Å²) in [4.78, 5) is 14.8. The summed E-state index contributed by atoms with van der Waals surface area (Å²) in [5.41, 5.74) is 1.33. The Hall–Kier alpha value is -1.88. The fourth-order valence-electron chi connectivity index (χ4n) is 1.39. The lowest BCUT2D eigenvalue weighted by Gasteiger charge is -2.07. The number of ether oxygens (including phenoxy) is 1. The number of rotatable bonds is 5.